The molecule has 0 aliphatic carbocycles. The number of nitrogens with zero attached hydrogens (tertiary/aromatic N) is 2. The van der Waals surface area contributed by atoms with Gasteiger partial charge in [0.1, 0.15) is 11.9 Å². The van der Waals surface area contributed by atoms with Gasteiger partial charge < -0.3 is 9.47 Å². The predicted octanol–water partition coefficient (Wildman–Crippen LogP) is 3.09. The molecule has 1 saturated heterocycles. The zero-order valence-corrected chi connectivity index (χ0v) is 13.1. The highest BCUT2D eigenvalue weighted by atomic mass is 19.1. The third kappa shape index (κ3) is 3.18. The summed E-state index contributed by atoms with van der Waals surface area (Å²) in [6, 6.07) is 2.96. The second-order valence-corrected chi connectivity index (χ2v) is 5.12. The van der Waals surface area contributed by atoms with Crippen molar-refractivity contribution in [2.75, 3.05) is 27.3 Å². The maximum Gasteiger partial charge on any atom is 0.167 e. The molecule has 1 aliphatic heterocycles. The molecule has 0 radical (unpaired) electrons. The van der Waals surface area contributed by atoms with E-state index in [0.717, 1.165) is 31.6 Å². The van der Waals surface area contributed by atoms with Crippen LogP contribution in [0, 0.1) is 5.82 Å². The molecule has 1 fully saturated rings. The Labute approximate surface area is 125 Å². The lowest BCUT2D eigenvalue weighted by Crippen LogP contribution is -2.28. The quantitative estimate of drug-likeness (QED) is 0.783. The molecule has 1 aromatic carbocycles. The molecule has 1 aromatic rings. The molecule has 0 N–H and O–H groups in total. The summed E-state index contributed by atoms with van der Waals surface area (Å²) in [7, 11) is 3.03. The van der Waals surface area contributed by atoms with Gasteiger partial charge in [-0.2, -0.15) is 0 Å². The van der Waals surface area contributed by atoms with E-state index in [9.17, 15) is 4.39 Å². The molecule has 1 aliphatic rings. The van der Waals surface area contributed by atoms with E-state index in [0.29, 0.717) is 11.3 Å². The highest BCUT2D eigenvalue weighted by Crippen LogP contribution is 2.32. The largest absolute Gasteiger partial charge is 0.496 e. The number of benzene rings is 1. The van der Waals surface area contributed by atoms with E-state index in [4.69, 9.17) is 14.5 Å². The first-order valence-electron chi connectivity index (χ1n) is 7.31. The minimum absolute atomic E-state index is 0.160. The van der Waals surface area contributed by atoms with Crippen LogP contribution in [0.25, 0.3) is 0 Å². The topological polar surface area (TPSA) is 34.1 Å². The normalized spacial score (nSPS) is 19.9. The van der Waals surface area contributed by atoms with Crippen LogP contribution in [-0.4, -0.2) is 44.1 Å². The van der Waals surface area contributed by atoms with Crippen LogP contribution >= 0.6 is 0 Å². The third-order valence-electron chi connectivity index (χ3n) is 3.94. The van der Waals surface area contributed by atoms with Gasteiger partial charge in [-0.3, -0.25) is 9.89 Å². The van der Waals surface area contributed by atoms with Gasteiger partial charge in [-0.05, 0) is 38.4 Å². The number of hydrogen-bond acceptors (Lipinski definition) is 4. The summed E-state index contributed by atoms with van der Waals surface area (Å²) >= 11 is 0. The molecule has 0 saturated carbocycles. The summed E-state index contributed by atoms with van der Waals surface area (Å²) < 4.78 is 24.5. The average molecular weight is 294 g/mol. The number of halogens is 1. The number of hydrogen-bond donors (Lipinski definition) is 0. The van der Waals surface area contributed by atoms with Crippen molar-refractivity contribution in [1.29, 1.82) is 0 Å². The van der Waals surface area contributed by atoms with Crippen LogP contribution in [0.15, 0.2) is 17.1 Å². The molecule has 0 spiro atoms. The lowest BCUT2D eigenvalue weighted by Gasteiger charge is -2.21. The van der Waals surface area contributed by atoms with Gasteiger partial charge in [-0.25, -0.2) is 4.39 Å². The Bertz CT molecular complexity index is 531. The molecule has 1 atom stereocenters. The van der Waals surface area contributed by atoms with Crippen molar-refractivity contribution < 1.29 is 13.9 Å². The third-order valence-corrected chi connectivity index (χ3v) is 3.94. The van der Waals surface area contributed by atoms with Crippen molar-refractivity contribution >= 4 is 5.71 Å². The number of rotatable bonds is 5. The Balaban J connectivity index is 2.42. The van der Waals surface area contributed by atoms with Crippen LogP contribution in [0.1, 0.15) is 32.3 Å². The fraction of sp³-hybridized carbons (Fsp3) is 0.562. The first-order chi connectivity index (χ1) is 10.1. The van der Waals surface area contributed by atoms with Crippen molar-refractivity contribution in [2.45, 2.75) is 32.9 Å². The zero-order valence-electron chi connectivity index (χ0n) is 13.1. The predicted molar refractivity (Wildman–Crippen MR) is 82.0 cm³/mol. The van der Waals surface area contributed by atoms with Crippen molar-refractivity contribution in [3.8, 4) is 11.5 Å². The molecule has 116 valence electrons. The summed E-state index contributed by atoms with van der Waals surface area (Å²) in [5.74, 6) is 0.369. The van der Waals surface area contributed by atoms with Gasteiger partial charge in [0.25, 0.3) is 0 Å². The van der Waals surface area contributed by atoms with Gasteiger partial charge in [-0.15, -0.1) is 0 Å². The fourth-order valence-electron chi connectivity index (χ4n) is 2.86. The Hall–Kier alpha value is -1.62. The number of ether oxygens (including phenoxy) is 2. The first kappa shape index (κ1) is 15.8. The van der Waals surface area contributed by atoms with Gasteiger partial charge in [0.15, 0.2) is 11.6 Å². The SMILES string of the molecule is CCN1CCCC1N=C(C)c1c(OC)ccc(F)c1OC. The van der Waals surface area contributed by atoms with E-state index in [2.05, 4.69) is 11.8 Å². The number of likely N-dealkylation sites (tertiary alicyclic amines) is 1. The van der Waals surface area contributed by atoms with Crippen LogP contribution in [0.4, 0.5) is 4.39 Å². The van der Waals surface area contributed by atoms with Crippen LogP contribution in [-0.2, 0) is 0 Å². The first-order valence-corrected chi connectivity index (χ1v) is 7.31. The van der Waals surface area contributed by atoms with Gasteiger partial charge in [0.2, 0.25) is 0 Å². The van der Waals surface area contributed by atoms with Crippen molar-refractivity contribution in [3.05, 3.63) is 23.5 Å². The molecule has 1 heterocycles. The summed E-state index contributed by atoms with van der Waals surface area (Å²) in [6.45, 7) is 6.05. The van der Waals surface area contributed by atoms with Crippen LogP contribution in [0.5, 0.6) is 11.5 Å². The van der Waals surface area contributed by atoms with Crippen molar-refractivity contribution in [1.82, 2.24) is 4.90 Å². The van der Waals surface area contributed by atoms with E-state index in [1.165, 1.54) is 13.2 Å². The molecule has 0 bridgehead atoms. The molecule has 1 unspecified atom stereocenters. The molecule has 5 heteroatoms. The summed E-state index contributed by atoms with van der Waals surface area (Å²) in [4.78, 5) is 7.09. The van der Waals surface area contributed by atoms with E-state index >= 15 is 0 Å². The van der Waals surface area contributed by atoms with Gasteiger partial charge in [-0.1, -0.05) is 6.92 Å². The van der Waals surface area contributed by atoms with E-state index in [1.54, 1.807) is 13.2 Å². The smallest absolute Gasteiger partial charge is 0.167 e. The Morgan fingerprint density at radius 1 is 1.38 bits per heavy atom. The second-order valence-electron chi connectivity index (χ2n) is 5.12. The minimum Gasteiger partial charge on any atom is -0.496 e. The molecule has 2 rings (SSSR count). The Morgan fingerprint density at radius 3 is 2.76 bits per heavy atom. The van der Waals surface area contributed by atoms with Crippen molar-refractivity contribution in [3.63, 3.8) is 0 Å². The highest BCUT2D eigenvalue weighted by Gasteiger charge is 2.24. The highest BCUT2D eigenvalue weighted by molar-refractivity contribution is 6.03. The maximum atomic E-state index is 13.9. The number of methoxy groups -OCH3 is 2. The fourth-order valence-corrected chi connectivity index (χ4v) is 2.86. The van der Waals surface area contributed by atoms with E-state index < -0.39 is 5.82 Å². The summed E-state index contributed by atoms with van der Waals surface area (Å²) in [6.07, 6.45) is 2.34. The summed E-state index contributed by atoms with van der Waals surface area (Å²) in [5, 5.41) is 0. The maximum absolute atomic E-state index is 13.9. The van der Waals surface area contributed by atoms with Crippen LogP contribution < -0.4 is 9.47 Å². The van der Waals surface area contributed by atoms with Gasteiger partial charge in [0.05, 0.1) is 19.8 Å². The molecule has 0 aromatic heterocycles. The molecular formula is C16H23FN2O2. The monoisotopic (exact) mass is 294 g/mol. The lowest BCUT2D eigenvalue weighted by molar-refractivity contribution is 0.275. The average Bonchev–Trinajstić information content (AvgIpc) is 2.93. The molecule has 0 amide bonds. The van der Waals surface area contributed by atoms with E-state index in [-0.39, 0.29) is 11.9 Å². The minimum atomic E-state index is -0.401. The van der Waals surface area contributed by atoms with Gasteiger partial charge in [0, 0.05) is 12.3 Å². The standard InChI is InChI=1S/C16H23FN2O2/c1-5-19-10-6-7-14(19)18-11(2)15-13(20-3)9-8-12(17)16(15)21-4/h8-9,14H,5-7,10H2,1-4H3. The Kier molecular flexibility index (Phi) is 5.17. The van der Waals surface area contributed by atoms with E-state index in [1.807, 2.05) is 6.92 Å². The van der Waals surface area contributed by atoms with Crippen LogP contribution in [0.3, 0.4) is 0 Å². The lowest BCUT2D eigenvalue weighted by atomic mass is 10.1. The Morgan fingerprint density at radius 2 is 2.14 bits per heavy atom. The van der Waals surface area contributed by atoms with Crippen LogP contribution in [0.2, 0.25) is 0 Å². The summed E-state index contributed by atoms with van der Waals surface area (Å²) in [5.41, 5.74) is 1.34. The van der Waals surface area contributed by atoms with Crippen molar-refractivity contribution in [2.24, 2.45) is 4.99 Å². The van der Waals surface area contributed by atoms with Gasteiger partial charge >= 0.3 is 0 Å². The second kappa shape index (κ2) is 6.89. The molecule has 21 heavy (non-hydrogen) atoms. The molecular weight excluding hydrogens is 271 g/mol. The number of aliphatic imine (C=N–C) groups is 1. The zero-order chi connectivity index (χ0) is 15.4. The molecule has 4 nitrogen and oxygen atoms in total.